The summed E-state index contributed by atoms with van der Waals surface area (Å²) in [6, 6.07) is 15.4. The minimum atomic E-state index is -1.14. The maximum absolute atomic E-state index is 12.2. The molecule has 0 amide bonds. The number of hydrogen-bond donors (Lipinski definition) is 1. The Kier molecular flexibility index (Phi) is 5.02. The Bertz CT molecular complexity index is 1280. The highest BCUT2D eigenvalue weighted by Crippen LogP contribution is 2.34. The lowest BCUT2D eigenvalue weighted by Crippen LogP contribution is -2.01. The second kappa shape index (κ2) is 7.79. The van der Waals surface area contributed by atoms with Crippen molar-refractivity contribution in [2.45, 2.75) is 13.5 Å². The fourth-order valence-corrected chi connectivity index (χ4v) is 3.23. The van der Waals surface area contributed by atoms with Crippen LogP contribution in [0.15, 0.2) is 68.2 Å². The molecule has 2 aromatic heterocycles. The summed E-state index contributed by atoms with van der Waals surface area (Å²) in [5, 5.41) is 9.71. The molecule has 152 valence electrons. The van der Waals surface area contributed by atoms with Crippen LogP contribution in [0.25, 0.3) is 22.1 Å². The van der Waals surface area contributed by atoms with Crippen molar-refractivity contribution in [1.82, 2.24) is 0 Å². The van der Waals surface area contributed by atoms with E-state index in [9.17, 15) is 9.59 Å². The fourth-order valence-electron chi connectivity index (χ4n) is 3.23. The molecule has 2 aromatic carbocycles. The number of hydrogen-bond acceptors (Lipinski definition) is 6. The highest BCUT2D eigenvalue weighted by Gasteiger charge is 2.15. The molecular weight excluding hydrogens is 388 g/mol. The van der Waals surface area contributed by atoms with E-state index in [-0.39, 0.29) is 12.4 Å². The number of aryl methyl sites for hydroxylation is 1. The number of fused-ring (bicyclic) bond motifs is 1. The van der Waals surface area contributed by atoms with E-state index in [1.807, 2.05) is 30.3 Å². The van der Waals surface area contributed by atoms with Crippen molar-refractivity contribution in [3.63, 3.8) is 0 Å². The van der Waals surface area contributed by atoms with Gasteiger partial charge in [0.15, 0.2) is 0 Å². The molecule has 0 saturated heterocycles. The maximum Gasteiger partial charge on any atom is 0.371 e. The number of carbonyl (C=O) groups is 1. The maximum atomic E-state index is 12.2. The smallest absolute Gasteiger partial charge is 0.371 e. The van der Waals surface area contributed by atoms with Gasteiger partial charge in [-0.2, -0.15) is 0 Å². The molecule has 7 heteroatoms. The number of aromatic carboxylic acids is 1. The molecule has 1 N–H and O–H groups in total. The zero-order valence-electron chi connectivity index (χ0n) is 16.3. The van der Waals surface area contributed by atoms with E-state index < -0.39 is 11.6 Å². The standard InChI is InChI=1S/C23H18O7/c1-13-19(28-12-16-7-9-20(29-16)23(25)26)10-8-17-18(11-21(24)30-22(13)17)14-3-5-15(27-2)6-4-14/h3-11H,12H2,1-2H3,(H,25,26). The number of methoxy groups -OCH3 is 1. The number of benzene rings is 2. The molecule has 0 fully saturated rings. The van der Waals surface area contributed by atoms with E-state index in [0.29, 0.717) is 22.7 Å². The van der Waals surface area contributed by atoms with Crippen LogP contribution in [-0.2, 0) is 6.61 Å². The monoisotopic (exact) mass is 406 g/mol. The molecule has 4 rings (SSSR count). The third-order valence-corrected chi connectivity index (χ3v) is 4.75. The number of carboxylic acids is 1. The van der Waals surface area contributed by atoms with Crippen LogP contribution in [0.2, 0.25) is 0 Å². The van der Waals surface area contributed by atoms with Crippen molar-refractivity contribution >= 4 is 16.9 Å². The van der Waals surface area contributed by atoms with Gasteiger partial charge in [-0.1, -0.05) is 12.1 Å². The molecule has 0 saturated carbocycles. The third-order valence-electron chi connectivity index (χ3n) is 4.75. The Morgan fingerprint density at radius 2 is 1.80 bits per heavy atom. The summed E-state index contributed by atoms with van der Waals surface area (Å²) >= 11 is 0. The number of carboxylic acid groups (broad SMARTS) is 1. The van der Waals surface area contributed by atoms with Crippen molar-refractivity contribution < 1.29 is 28.2 Å². The van der Waals surface area contributed by atoms with E-state index in [1.54, 1.807) is 26.2 Å². The minimum absolute atomic E-state index is 0.0437. The highest BCUT2D eigenvalue weighted by atomic mass is 16.5. The molecule has 0 aliphatic rings. The van der Waals surface area contributed by atoms with Crippen LogP contribution in [0.5, 0.6) is 11.5 Å². The Labute approximate surface area is 171 Å². The van der Waals surface area contributed by atoms with Crippen LogP contribution in [0, 0.1) is 6.92 Å². The second-order valence-electron chi connectivity index (χ2n) is 6.63. The molecule has 4 aromatic rings. The van der Waals surface area contributed by atoms with Gasteiger partial charge in [-0.05, 0) is 54.4 Å². The predicted octanol–water partition coefficient (Wildman–Crippen LogP) is 4.65. The van der Waals surface area contributed by atoms with E-state index >= 15 is 0 Å². The SMILES string of the molecule is COc1ccc(-c2cc(=O)oc3c(C)c(OCc4ccc(C(=O)O)o4)ccc23)cc1. The summed E-state index contributed by atoms with van der Waals surface area (Å²) < 4.78 is 21.6. The lowest BCUT2D eigenvalue weighted by Gasteiger charge is -2.12. The zero-order chi connectivity index (χ0) is 21.3. The van der Waals surface area contributed by atoms with Gasteiger partial charge >= 0.3 is 11.6 Å². The molecule has 7 nitrogen and oxygen atoms in total. The minimum Gasteiger partial charge on any atom is -0.497 e. The molecule has 0 aliphatic heterocycles. The first-order valence-corrected chi connectivity index (χ1v) is 9.13. The van der Waals surface area contributed by atoms with Crippen LogP contribution in [0.1, 0.15) is 21.9 Å². The Hall–Kier alpha value is -4.00. The van der Waals surface area contributed by atoms with Gasteiger partial charge in [0, 0.05) is 17.0 Å². The van der Waals surface area contributed by atoms with Gasteiger partial charge in [-0.25, -0.2) is 9.59 Å². The Morgan fingerprint density at radius 1 is 1.03 bits per heavy atom. The van der Waals surface area contributed by atoms with Crippen molar-refractivity contribution in [2.75, 3.05) is 7.11 Å². The molecular formula is C23H18O7. The lowest BCUT2D eigenvalue weighted by atomic mass is 10.00. The summed E-state index contributed by atoms with van der Waals surface area (Å²) in [5.41, 5.74) is 2.22. The van der Waals surface area contributed by atoms with E-state index in [1.165, 1.54) is 12.1 Å². The average molecular weight is 406 g/mol. The first kappa shape index (κ1) is 19.3. The number of rotatable bonds is 6. The molecule has 0 spiro atoms. The lowest BCUT2D eigenvalue weighted by molar-refractivity contribution is 0.0658. The molecule has 0 aliphatic carbocycles. The third kappa shape index (κ3) is 3.65. The van der Waals surface area contributed by atoms with Crippen LogP contribution in [-0.4, -0.2) is 18.2 Å². The largest absolute Gasteiger partial charge is 0.497 e. The van der Waals surface area contributed by atoms with Gasteiger partial charge in [-0.3, -0.25) is 0 Å². The van der Waals surface area contributed by atoms with Crippen molar-refractivity contribution in [2.24, 2.45) is 0 Å². The molecule has 0 bridgehead atoms. The van der Waals surface area contributed by atoms with Gasteiger partial charge < -0.3 is 23.4 Å². The summed E-state index contributed by atoms with van der Waals surface area (Å²) in [7, 11) is 1.59. The molecule has 0 atom stereocenters. The van der Waals surface area contributed by atoms with Crippen LogP contribution < -0.4 is 15.1 Å². The number of ether oxygens (including phenoxy) is 2. The van der Waals surface area contributed by atoms with E-state index in [2.05, 4.69) is 0 Å². The first-order chi connectivity index (χ1) is 14.5. The predicted molar refractivity (Wildman–Crippen MR) is 109 cm³/mol. The molecule has 30 heavy (non-hydrogen) atoms. The summed E-state index contributed by atoms with van der Waals surface area (Å²) in [5.74, 6) is 0.308. The van der Waals surface area contributed by atoms with Gasteiger partial charge in [0.05, 0.1) is 7.11 Å². The van der Waals surface area contributed by atoms with Gasteiger partial charge in [0.25, 0.3) is 0 Å². The van der Waals surface area contributed by atoms with Crippen LogP contribution in [0.3, 0.4) is 0 Å². The first-order valence-electron chi connectivity index (χ1n) is 9.13. The second-order valence-corrected chi connectivity index (χ2v) is 6.63. The molecule has 0 radical (unpaired) electrons. The zero-order valence-corrected chi connectivity index (χ0v) is 16.3. The van der Waals surface area contributed by atoms with Crippen molar-refractivity contribution in [3.05, 3.63) is 82.1 Å². The van der Waals surface area contributed by atoms with E-state index in [0.717, 1.165) is 22.3 Å². The summed E-state index contributed by atoms with van der Waals surface area (Å²) in [6.45, 7) is 1.84. The molecule has 0 unspecified atom stereocenters. The number of furan rings is 1. The van der Waals surface area contributed by atoms with Gasteiger partial charge in [-0.15, -0.1) is 0 Å². The van der Waals surface area contributed by atoms with Crippen molar-refractivity contribution in [1.29, 1.82) is 0 Å². The van der Waals surface area contributed by atoms with Crippen molar-refractivity contribution in [3.8, 4) is 22.6 Å². The van der Waals surface area contributed by atoms with Gasteiger partial charge in [0.1, 0.15) is 29.4 Å². The Balaban J connectivity index is 1.69. The summed E-state index contributed by atoms with van der Waals surface area (Å²) in [4.78, 5) is 23.1. The average Bonchev–Trinajstić information content (AvgIpc) is 3.23. The molecule has 2 heterocycles. The van der Waals surface area contributed by atoms with Crippen LogP contribution >= 0.6 is 0 Å². The quantitative estimate of drug-likeness (QED) is 0.465. The van der Waals surface area contributed by atoms with Gasteiger partial charge in [0.2, 0.25) is 5.76 Å². The normalized spacial score (nSPS) is 10.9. The van der Waals surface area contributed by atoms with E-state index in [4.69, 9.17) is 23.4 Å². The fraction of sp³-hybridized carbons (Fsp3) is 0.130. The summed E-state index contributed by atoms with van der Waals surface area (Å²) in [6.07, 6.45) is 0. The highest BCUT2D eigenvalue weighted by molar-refractivity contribution is 5.95. The Morgan fingerprint density at radius 3 is 2.47 bits per heavy atom. The topological polar surface area (TPSA) is 99.1 Å². The van der Waals surface area contributed by atoms with Crippen LogP contribution in [0.4, 0.5) is 0 Å².